The van der Waals surface area contributed by atoms with Crippen LogP contribution in [0.4, 0.5) is 0 Å². The van der Waals surface area contributed by atoms with Crippen molar-refractivity contribution in [2.24, 2.45) is 0 Å². The Balaban J connectivity index is 1.72. The highest BCUT2D eigenvalue weighted by Crippen LogP contribution is 2.29. The zero-order valence-electron chi connectivity index (χ0n) is 14.2. The Labute approximate surface area is 147 Å². The van der Waals surface area contributed by atoms with Crippen LogP contribution in [0, 0.1) is 0 Å². The van der Waals surface area contributed by atoms with Gasteiger partial charge in [-0.15, -0.1) is 11.3 Å². The van der Waals surface area contributed by atoms with E-state index in [1.807, 2.05) is 6.20 Å². The molecule has 2 heterocycles. The van der Waals surface area contributed by atoms with Gasteiger partial charge in [0.15, 0.2) is 0 Å². The summed E-state index contributed by atoms with van der Waals surface area (Å²) in [6.45, 7) is 5.91. The molecular weight excluding hydrogens is 320 g/mol. The first-order valence-corrected chi connectivity index (χ1v) is 9.38. The highest BCUT2D eigenvalue weighted by molar-refractivity contribution is 7.15. The van der Waals surface area contributed by atoms with Crippen molar-refractivity contribution in [1.82, 2.24) is 9.88 Å². The van der Waals surface area contributed by atoms with Crippen LogP contribution in [0.3, 0.4) is 0 Å². The second kappa shape index (κ2) is 7.45. The molecule has 5 heteroatoms. The van der Waals surface area contributed by atoms with Gasteiger partial charge in [0.05, 0.1) is 0 Å². The fourth-order valence-corrected chi connectivity index (χ4v) is 4.13. The largest absolute Gasteiger partial charge is 0.480 e. The molecule has 3 rings (SSSR count). The molecule has 0 bridgehead atoms. The monoisotopic (exact) mass is 344 g/mol. The lowest BCUT2D eigenvalue weighted by atomic mass is 10.0. The number of carboxylic acid groups (broad SMARTS) is 1. The first-order chi connectivity index (χ1) is 11.5. The Morgan fingerprint density at radius 1 is 1.33 bits per heavy atom. The first-order valence-electron chi connectivity index (χ1n) is 8.56. The van der Waals surface area contributed by atoms with E-state index in [0.717, 1.165) is 41.3 Å². The predicted molar refractivity (Wildman–Crippen MR) is 97.3 cm³/mol. The second-order valence-corrected chi connectivity index (χ2v) is 7.84. The Morgan fingerprint density at radius 3 is 2.75 bits per heavy atom. The molecule has 1 aromatic carbocycles. The standard InChI is InChI=1S/C19H24N2O2S/c1-13(2)14-6-8-15(9-7-14)18-20-11-16(24-18)12-21-10-4-3-5-17(21)19(22)23/h6-9,11,13,17H,3-5,10,12H2,1-2H3,(H,22,23). The van der Waals surface area contributed by atoms with Gasteiger partial charge in [-0.1, -0.05) is 44.5 Å². The van der Waals surface area contributed by atoms with Crippen molar-refractivity contribution >= 4 is 17.3 Å². The average Bonchev–Trinajstić information content (AvgIpc) is 3.04. The van der Waals surface area contributed by atoms with Crippen LogP contribution >= 0.6 is 11.3 Å². The molecule has 1 fully saturated rings. The number of aromatic nitrogens is 1. The number of nitrogens with zero attached hydrogens (tertiary/aromatic N) is 2. The molecule has 0 amide bonds. The van der Waals surface area contributed by atoms with Crippen LogP contribution in [0.1, 0.15) is 49.5 Å². The summed E-state index contributed by atoms with van der Waals surface area (Å²) in [6.07, 6.45) is 4.72. The lowest BCUT2D eigenvalue weighted by molar-refractivity contribution is -0.144. The fraction of sp³-hybridized carbons (Fsp3) is 0.474. The Kier molecular flexibility index (Phi) is 5.31. The van der Waals surface area contributed by atoms with Gasteiger partial charge in [0.1, 0.15) is 11.0 Å². The van der Waals surface area contributed by atoms with Gasteiger partial charge in [0.2, 0.25) is 0 Å². The van der Waals surface area contributed by atoms with Crippen molar-refractivity contribution in [1.29, 1.82) is 0 Å². The molecule has 1 N–H and O–H groups in total. The molecule has 2 aromatic rings. The van der Waals surface area contributed by atoms with Crippen molar-refractivity contribution in [3.63, 3.8) is 0 Å². The number of hydrogen-bond acceptors (Lipinski definition) is 4. The lowest BCUT2D eigenvalue weighted by Gasteiger charge is -2.32. The van der Waals surface area contributed by atoms with Gasteiger partial charge in [-0.05, 0) is 30.9 Å². The molecule has 1 atom stereocenters. The normalized spacial score (nSPS) is 18.9. The summed E-state index contributed by atoms with van der Waals surface area (Å²) in [4.78, 5) is 19.2. The van der Waals surface area contributed by atoms with Crippen LogP contribution in [-0.4, -0.2) is 33.5 Å². The summed E-state index contributed by atoms with van der Waals surface area (Å²) < 4.78 is 0. The molecule has 1 unspecified atom stereocenters. The lowest BCUT2D eigenvalue weighted by Crippen LogP contribution is -2.43. The number of benzene rings is 1. The van der Waals surface area contributed by atoms with Crippen molar-refractivity contribution in [2.75, 3.05) is 6.54 Å². The van der Waals surface area contributed by atoms with Crippen LogP contribution in [0.15, 0.2) is 30.5 Å². The quantitative estimate of drug-likeness (QED) is 0.875. The number of piperidine rings is 1. The number of hydrogen-bond donors (Lipinski definition) is 1. The number of carboxylic acids is 1. The third kappa shape index (κ3) is 3.84. The van der Waals surface area contributed by atoms with E-state index in [-0.39, 0.29) is 6.04 Å². The topological polar surface area (TPSA) is 53.4 Å². The third-order valence-electron chi connectivity index (χ3n) is 4.64. The minimum absolute atomic E-state index is 0.352. The van der Waals surface area contributed by atoms with E-state index in [0.29, 0.717) is 12.5 Å². The van der Waals surface area contributed by atoms with E-state index in [2.05, 4.69) is 48.0 Å². The van der Waals surface area contributed by atoms with Gasteiger partial charge in [-0.25, -0.2) is 4.98 Å². The zero-order chi connectivity index (χ0) is 17.1. The molecule has 4 nitrogen and oxygen atoms in total. The van der Waals surface area contributed by atoms with E-state index in [1.165, 1.54) is 5.56 Å². The average molecular weight is 344 g/mol. The van der Waals surface area contributed by atoms with Gasteiger partial charge in [0, 0.05) is 23.2 Å². The van der Waals surface area contributed by atoms with E-state index in [4.69, 9.17) is 0 Å². The van der Waals surface area contributed by atoms with Crippen LogP contribution in [0.25, 0.3) is 10.6 Å². The van der Waals surface area contributed by atoms with Crippen LogP contribution in [-0.2, 0) is 11.3 Å². The van der Waals surface area contributed by atoms with Crippen molar-refractivity contribution in [2.45, 2.75) is 51.6 Å². The van der Waals surface area contributed by atoms with Gasteiger partial charge in [0.25, 0.3) is 0 Å². The Hall–Kier alpha value is -1.72. The van der Waals surface area contributed by atoms with E-state index >= 15 is 0 Å². The molecule has 1 aliphatic rings. The molecule has 0 aliphatic carbocycles. The van der Waals surface area contributed by atoms with Crippen molar-refractivity contribution in [3.05, 3.63) is 40.9 Å². The fourth-order valence-electron chi connectivity index (χ4n) is 3.18. The van der Waals surface area contributed by atoms with Crippen LogP contribution < -0.4 is 0 Å². The zero-order valence-corrected chi connectivity index (χ0v) is 15.1. The van der Waals surface area contributed by atoms with Crippen molar-refractivity contribution in [3.8, 4) is 10.6 Å². The molecule has 0 spiro atoms. The highest BCUT2D eigenvalue weighted by Gasteiger charge is 2.28. The molecule has 24 heavy (non-hydrogen) atoms. The van der Waals surface area contributed by atoms with E-state index in [9.17, 15) is 9.90 Å². The van der Waals surface area contributed by atoms with Crippen molar-refractivity contribution < 1.29 is 9.90 Å². The minimum Gasteiger partial charge on any atom is -0.480 e. The van der Waals surface area contributed by atoms with Gasteiger partial charge in [-0.2, -0.15) is 0 Å². The third-order valence-corrected chi connectivity index (χ3v) is 5.67. The molecule has 1 aromatic heterocycles. The molecule has 128 valence electrons. The summed E-state index contributed by atoms with van der Waals surface area (Å²) in [7, 11) is 0. The molecule has 0 saturated carbocycles. The number of carbonyl (C=O) groups is 1. The molecule has 1 aliphatic heterocycles. The second-order valence-electron chi connectivity index (χ2n) is 6.73. The Bertz CT molecular complexity index is 694. The number of rotatable bonds is 5. The molecule has 1 saturated heterocycles. The van der Waals surface area contributed by atoms with E-state index in [1.54, 1.807) is 11.3 Å². The summed E-state index contributed by atoms with van der Waals surface area (Å²) in [5.74, 6) is -0.179. The summed E-state index contributed by atoms with van der Waals surface area (Å²) in [6, 6.07) is 8.21. The van der Waals surface area contributed by atoms with Crippen LogP contribution in [0.2, 0.25) is 0 Å². The maximum Gasteiger partial charge on any atom is 0.320 e. The number of likely N-dealkylation sites (tertiary alicyclic amines) is 1. The molecular formula is C19H24N2O2S. The number of thiazole rings is 1. The highest BCUT2D eigenvalue weighted by atomic mass is 32.1. The van der Waals surface area contributed by atoms with Gasteiger partial charge in [-0.3, -0.25) is 9.69 Å². The maximum absolute atomic E-state index is 11.4. The molecule has 0 radical (unpaired) electrons. The maximum atomic E-state index is 11.4. The smallest absolute Gasteiger partial charge is 0.320 e. The number of aliphatic carboxylic acids is 1. The Morgan fingerprint density at radius 2 is 2.08 bits per heavy atom. The van der Waals surface area contributed by atoms with Gasteiger partial charge < -0.3 is 5.11 Å². The minimum atomic E-state index is -0.705. The van der Waals surface area contributed by atoms with Gasteiger partial charge >= 0.3 is 5.97 Å². The van der Waals surface area contributed by atoms with E-state index < -0.39 is 5.97 Å². The SMILES string of the molecule is CC(C)c1ccc(-c2ncc(CN3CCCCC3C(=O)O)s2)cc1. The summed E-state index contributed by atoms with van der Waals surface area (Å²) in [5.41, 5.74) is 2.46. The van der Waals surface area contributed by atoms with Crippen LogP contribution in [0.5, 0.6) is 0 Å². The predicted octanol–water partition coefficient (Wildman–Crippen LogP) is 4.37. The summed E-state index contributed by atoms with van der Waals surface area (Å²) >= 11 is 1.66. The first kappa shape index (κ1) is 17.1. The summed E-state index contributed by atoms with van der Waals surface area (Å²) in [5, 5.41) is 10.4.